The molecule has 0 radical (unpaired) electrons. The van der Waals surface area contributed by atoms with E-state index in [0.717, 1.165) is 25.4 Å². The van der Waals surface area contributed by atoms with Crippen molar-refractivity contribution in [3.63, 3.8) is 0 Å². The fourth-order valence-electron chi connectivity index (χ4n) is 2.79. The van der Waals surface area contributed by atoms with Crippen molar-refractivity contribution in [2.45, 2.75) is 32.4 Å². The molecule has 1 N–H and O–H groups in total. The van der Waals surface area contributed by atoms with Gasteiger partial charge in [-0.15, -0.1) is 0 Å². The second-order valence-electron chi connectivity index (χ2n) is 5.15. The summed E-state index contributed by atoms with van der Waals surface area (Å²) in [6, 6.07) is 10.6. The van der Waals surface area contributed by atoms with Gasteiger partial charge in [0.15, 0.2) is 6.61 Å². The average molecular weight is 273 g/mol. The summed E-state index contributed by atoms with van der Waals surface area (Å²) >= 11 is 0. The lowest BCUT2D eigenvalue weighted by atomic mass is 10.2. The molecule has 108 valence electrons. The van der Waals surface area contributed by atoms with E-state index in [-0.39, 0.29) is 6.61 Å². The van der Waals surface area contributed by atoms with Gasteiger partial charge < -0.3 is 10.1 Å². The molecule has 2 rings (SSSR count). The number of nitriles is 1. The minimum atomic E-state index is 0.102. The molecule has 0 amide bonds. The second kappa shape index (κ2) is 7.88. The Bertz CT molecular complexity index is 455. The van der Waals surface area contributed by atoms with Gasteiger partial charge in [0.2, 0.25) is 0 Å². The Labute approximate surface area is 121 Å². The van der Waals surface area contributed by atoms with Crippen LogP contribution >= 0.6 is 0 Å². The van der Waals surface area contributed by atoms with Crippen molar-refractivity contribution in [1.29, 1.82) is 5.26 Å². The minimum absolute atomic E-state index is 0.102. The first kappa shape index (κ1) is 14.8. The first-order valence-electron chi connectivity index (χ1n) is 7.37. The smallest absolute Gasteiger partial charge is 0.174 e. The maximum absolute atomic E-state index is 8.52. The molecular formula is C16H23N3O. The van der Waals surface area contributed by atoms with Gasteiger partial charge in [-0.05, 0) is 43.6 Å². The van der Waals surface area contributed by atoms with Crippen molar-refractivity contribution in [3.05, 3.63) is 29.8 Å². The summed E-state index contributed by atoms with van der Waals surface area (Å²) in [5.41, 5.74) is 1.20. The Balaban J connectivity index is 1.77. The van der Waals surface area contributed by atoms with Crippen LogP contribution in [0.4, 0.5) is 0 Å². The molecule has 1 aliphatic heterocycles. The molecule has 1 heterocycles. The van der Waals surface area contributed by atoms with Crippen molar-refractivity contribution in [2.75, 3.05) is 26.2 Å². The van der Waals surface area contributed by atoms with Crippen LogP contribution < -0.4 is 10.1 Å². The van der Waals surface area contributed by atoms with Gasteiger partial charge in [0, 0.05) is 19.1 Å². The zero-order valence-corrected chi connectivity index (χ0v) is 12.1. The standard InChI is InChI=1S/C16H23N3O/c1-2-19-9-4-6-15(19)13-18-12-14-5-3-7-16(11-14)20-10-8-17/h3,5,7,11,15,18H,2,4,6,9-10,12-13H2,1H3. The molecule has 1 atom stereocenters. The first-order chi connectivity index (χ1) is 9.83. The van der Waals surface area contributed by atoms with Crippen molar-refractivity contribution in [3.8, 4) is 11.8 Å². The highest BCUT2D eigenvalue weighted by molar-refractivity contribution is 5.28. The lowest BCUT2D eigenvalue weighted by molar-refractivity contribution is 0.260. The first-order valence-corrected chi connectivity index (χ1v) is 7.37. The summed E-state index contributed by atoms with van der Waals surface area (Å²) in [5.74, 6) is 0.766. The Morgan fingerprint density at radius 1 is 1.50 bits per heavy atom. The number of ether oxygens (including phenoxy) is 1. The molecule has 1 aliphatic rings. The summed E-state index contributed by atoms with van der Waals surface area (Å²) in [6.45, 7) is 6.60. The molecule has 20 heavy (non-hydrogen) atoms. The summed E-state index contributed by atoms with van der Waals surface area (Å²) in [6.07, 6.45) is 2.61. The average Bonchev–Trinajstić information content (AvgIpc) is 2.93. The van der Waals surface area contributed by atoms with Crippen molar-refractivity contribution < 1.29 is 4.74 Å². The molecule has 0 bridgehead atoms. The summed E-state index contributed by atoms with van der Waals surface area (Å²) in [4.78, 5) is 2.54. The molecule has 0 aliphatic carbocycles. The number of hydrogen-bond donors (Lipinski definition) is 1. The third kappa shape index (κ3) is 4.22. The second-order valence-corrected chi connectivity index (χ2v) is 5.15. The van der Waals surface area contributed by atoms with E-state index >= 15 is 0 Å². The van der Waals surface area contributed by atoms with Gasteiger partial charge in [0.25, 0.3) is 0 Å². The van der Waals surface area contributed by atoms with Crippen LogP contribution in [-0.4, -0.2) is 37.2 Å². The van der Waals surface area contributed by atoms with Crippen LogP contribution in [0.5, 0.6) is 5.75 Å². The number of benzene rings is 1. The number of nitrogens with one attached hydrogen (secondary N) is 1. The molecule has 0 aromatic heterocycles. The molecule has 1 saturated heterocycles. The lowest BCUT2D eigenvalue weighted by Gasteiger charge is -2.23. The molecule has 0 saturated carbocycles. The Morgan fingerprint density at radius 2 is 2.40 bits per heavy atom. The monoisotopic (exact) mass is 273 g/mol. The number of likely N-dealkylation sites (N-methyl/N-ethyl adjacent to an activating group) is 1. The SMILES string of the molecule is CCN1CCCC1CNCc1cccc(OCC#N)c1. The van der Waals surface area contributed by atoms with Crippen LogP contribution in [0.3, 0.4) is 0 Å². The molecule has 1 aromatic rings. The van der Waals surface area contributed by atoms with E-state index in [9.17, 15) is 0 Å². The molecule has 1 fully saturated rings. The molecular weight excluding hydrogens is 250 g/mol. The number of hydrogen-bond acceptors (Lipinski definition) is 4. The van der Waals surface area contributed by atoms with Gasteiger partial charge in [0.1, 0.15) is 11.8 Å². The molecule has 0 spiro atoms. The maximum atomic E-state index is 8.52. The molecule has 1 unspecified atom stereocenters. The Hall–Kier alpha value is -1.57. The third-order valence-electron chi connectivity index (χ3n) is 3.82. The van der Waals surface area contributed by atoms with Gasteiger partial charge in [-0.2, -0.15) is 5.26 Å². The van der Waals surface area contributed by atoms with Crippen molar-refractivity contribution >= 4 is 0 Å². The zero-order chi connectivity index (χ0) is 14.2. The predicted molar refractivity (Wildman–Crippen MR) is 79.5 cm³/mol. The quantitative estimate of drug-likeness (QED) is 0.827. The highest BCUT2D eigenvalue weighted by Gasteiger charge is 2.21. The molecule has 4 nitrogen and oxygen atoms in total. The maximum Gasteiger partial charge on any atom is 0.174 e. The Kier molecular flexibility index (Phi) is 5.85. The van der Waals surface area contributed by atoms with Crippen LogP contribution in [0, 0.1) is 11.3 Å². The summed E-state index contributed by atoms with van der Waals surface area (Å²) < 4.78 is 5.31. The highest BCUT2D eigenvalue weighted by atomic mass is 16.5. The van der Waals surface area contributed by atoms with Gasteiger partial charge >= 0.3 is 0 Å². The van der Waals surface area contributed by atoms with Gasteiger partial charge in [-0.1, -0.05) is 19.1 Å². The van der Waals surface area contributed by atoms with Crippen molar-refractivity contribution in [2.24, 2.45) is 0 Å². The minimum Gasteiger partial charge on any atom is -0.479 e. The van der Waals surface area contributed by atoms with Crippen LogP contribution in [-0.2, 0) is 6.54 Å². The lowest BCUT2D eigenvalue weighted by Crippen LogP contribution is -2.37. The summed E-state index contributed by atoms with van der Waals surface area (Å²) in [7, 11) is 0. The molecule has 1 aromatic carbocycles. The number of nitrogens with zero attached hydrogens (tertiary/aromatic N) is 2. The van der Waals surface area contributed by atoms with E-state index < -0.39 is 0 Å². The summed E-state index contributed by atoms with van der Waals surface area (Å²) in [5, 5.41) is 12.0. The fourth-order valence-corrected chi connectivity index (χ4v) is 2.79. The van der Waals surface area contributed by atoms with E-state index in [1.54, 1.807) is 0 Å². The van der Waals surface area contributed by atoms with Crippen LogP contribution in [0.2, 0.25) is 0 Å². The zero-order valence-electron chi connectivity index (χ0n) is 12.1. The van der Waals surface area contributed by atoms with Crippen LogP contribution in [0.15, 0.2) is 24.3 Å². The van der Waals surface area contributed by atoms with Gasteiger partial charge in [0.05, 0.1) is 0 Å². The van der Waals surface area contributed by atoms with E-state index in [0.29, 0.717) is 6.04 Å². The van der Waals surface area contributed by atoms with E-state index in [1.807, 2.05) is 24.3 Å². The topological polar surface area (TPSA) is 48.3 Å². The van der Waals surface area contributed by atoms with E-state index in [2.05, 4.69) is 23.2 Å². The fraction of sp³-hybridized carbons (Fsp3) is 0.562. The number of rotatable bonds is 7. The molecule has 4 heteroatoms. The largest absolute Gasteiger partial charge is 0.479 e. The van der Waals surface area contributed by atoms with Crippen LogP contribution in [0.1, 0.15) is 25.3 Å². The van der Waals surface area contributed by atoms with Gasteiger partial charge in [-0.25, -0.2) is 0 Å². The normalized spacial score (nSPS) is 18.9. The van der Waals surface area contributed by atoms with Gasteiger partial charge in [-0.3, -0.25) is 4.90 Å². The van der Waals surface area contributed by atoms with Crippen molar-refractivity contribution in [1.82, 2.24) is 10.2 Å². The predicted octanol–water partition coefficient (Wildman–Crippen LogP) is 2.16. The number of likely N-dealkylation sites (tertiary alicyclic amines) is 1. The highest BCUT2D eigenvalue weighted by Crippen LogP contribution is 2.16. The Morgan fingerprint density at radius 3 is 3.20 bits per heavy atom. The van der Waals surface area contributed by atoms with Crippen LogP contribution in [0.25, 0.3) is 0 Å². The van der Waals surface area contributed by atoms with E-state index in [4.69, 9.17) is 10.00 Å². The van der Waals surface area contributed by atoms with E-state index in [1.165, 1.54) is 24.9 Å². The third-order valence-corrected chi connectivity index (χ3v) is 3.82.